The molecule has 0 atom stereocenters. The summed E-state index contributed by atoms with van der Waals surface area (Å²) in [5.41, 5.74) is 2.45. The maximum atomic E-state index is 9.12. The van der Waals surface area contributed by atoms with Crippen molar-refractivity contribution in [2.75, 3.05) is 13.2 Å². The summed E-state index contributed by atoms with van der Waals surface area (Å²) in [5.74, 6) is 0. The first kappa shape index (κ1) is 13.7. The molecule has 0 amide bonds. The standard InChI is InChI=1S/C13H20BrNO/c1-10-4-5-11(6-12(10)14)7-15-8-13(2,3)9-16/h4-6,15-16H,7-9H2,1-3H3. The third-order valence-electron chi connectivity index (χ3n) is 2.60. The Labute approximate surface area is 106 Å². The number of aliphatic hydroxyl groups excluding tert-OH is 1. The lowest BCUT2D eigenvalue weighted by atomic mass is 9.95. The van der Waals surface area contributed by atoms with E-state index in [1.807, 2.05) is 13.8 Å². The molecule has 0 radical (unpaired) electrons. The summed E-state index contributed by atoms with van der Waals surface area (Å²) in [6.45, 7) is 8.03. The Kier molecular flexibility index (Phi) is 4.96. The molecule has 1 aromatic rings. The van der Waals surface area contributed by atoms with Crippen LogP contribution in [0.25, 0.3) is 0 Å². The highest BCUT2D eigenvalue weighted by molar-refractivity contribution is 9.10. The number of aliphatic hydroxyl groups is 1. The molecule has 90 valence electrons. The molecule has 0 aliphatic heterocycles. The Hall–Kier alpha value is -0.380. The molecule has 1 aromatic carbocycles. The first-order chi connectivity index (χ1) is 7.44. The normalized spacial score (nSPS) is 11.8. The second-order valence-electron chi connectivity index (χ2n) is 5.01. The molecule has 2 N–H and O–H groups in total. The number of hydrogen-bond acceptors (Lipinski definition) is 2. The first-order valence-electron chi connectivity index (χ1n) is 5.51. The van der Waals surface area contributed by atoms with E-state index in [2.05, 4.69) is 46.4 Å². The molecule has 3 heteroatoms. The summed E-state index contributed by atoms with van der Waals surface area (Å²) in [4.78, 5) is 0. The molecule has 1 rings (SSSR count). The molecular weight excluding hydrogens is 266 g/mol. The summed E-state index contributed by atoms with van der Waals surface area (Å²) in [6.07, 6.45) is 0. The minimum Gasteiger partial charge on any atom is -0.396 e. The smallest absolute Gasteiger partial charge is 0.0494 e. The number of halogens is 1. The van der Waals surface area contributed by atoms with Gasteiger partial charge in [0.2, 0.25) is 0 Å². The monoisotopic (exact) mass is 285 g/mol. The van der Waals surface area contributed by atoms with Gasteiger partial charge >= 0.3 is 0 Å². The Morgan fingerprint density at radius 3 is 2.62 bits per heavy atom. The zero-order chi connectivity index (χ0) is 12.2. The highest BCUT2D eigenvalue weighted by Gasteiger charge is 2.15. The van der Waals surface area contributed by atoms with E-state index in [0.29, 0.717) is 0 Å². The molecule has 0 heterocycles. The maximum absolute atomic E-state index is 9.12. The van der Waals surface area contributed by atoms with Crippen LogP contribution in [0.5, 0.6) is 0 Å². The lowest BCUT2D eigenvalue weighted by Crippen LogP contribution is -2.31. The number of rotatable bonds is 5. The van der Waals surface area contributed by atoms with Crippen LogP contribution in [0.4, 0.5) is 0 Å². The molecule has 0 aliphatic carbocycles. The van der Waals surface area contributed by atoms with Crippen LogP contribution in [-0.2, 0) is 6.54 Å². The molecule has 16 heavy (non-hydrogen) atoms. The van der Waals surface area contributed by atoms with Gasteiger partial charge in [0, 0.05) is 29.6 Å². The van der Waals surface area contributed by atoms with Gasteiger partial charge in [-0.05, 0) is 24.1 Å². The van der Waals surface area contributed by atoms with Crippen molar-refractivity contribution in [2.45, 2.75) is 27.3 Å². The lowest BCUT2D eigenvalue weighted by molar-refractivity contribution is 0.156. The summed E-state index contributed by atoms with van der Waals surface area (Å²) >= 11 is 3.52. The van der Waals surface area contributed by atoms with Crippen LogP contribution in [0.3, 0.4) is 0 Å². The van der Waals surface area contributed by atoms with Gasteiger partial charge in [0.05, 0.1) is 0 Å². The van der Waals surface area contributed by atoms with E-state index in [-0.39, 0.29) is 12.0 Å². The van der Waals surface area contributed by atoms with Gasteiger partial charge in [-0.15, -0.1) is 0 Å². The summed E-state index contributed by atoms with van der Waals surface area (Å²) in [7, 11) is 0. The van der Waals surface area contributed by atoms with E-state index in [0.717, 1.165) is 17.6 Å². The van der Waals surface area contributed by atoms with Crippen molar-refractivity contribution in [1.82, 2.24) is 5.32 Å². The van der Waals surface area contributed by atoms with E-state index >= 15 is 0 Å². The summed E-state index contributed by atoms with van der Waals surface area (Å²) in [6, 6.07) is 6.37. The van der Waals surface area contributed by atoms with Crippen LogP contribution >= 0.6 is 15.9 Å². The maximum Gasteiger partial charge on any atom is 0.0494 e. The predicted octanol–water partition coefficient (Wildman–Crippen LogP) is 2.87. The highest BCUT2D eigenvalue weighted by Crippen LogP contribution is 2.18. The van der Waals surface area contributed by atoms with Crippen molar-refractivity contribution in [3.63, 3.8) is 0 Å². The third kappa shape index (κ3) is 4.24. The minimum absolute atomic E-state index is 0.0536. The quantitative estimate of drug-likeness (QED) is 0.872. The van der Waals surface area contributed by atoms with Gasteiger partial charge in [-0.2, -0.15) is 0 Å². The van der Waals surface area contributed by atoms with Gasteiger partial charge < -0.3 is 10.4 Å². The Bertz CT molecular complexity index is 350. The summed E-state index contributed by atoms with van der Waals surface area (Å²) < 4.78 is 1.15. The van der Waals surface area contributed by atoms with Crippen LogP contribution in [0.1, 0.15) is 25.0 Å². The van der Waals surface area contributed by atoms with Crippen molar-refractivity contribution in [1.29, 1.82) is 0 Å². The average Bonchev–Trinajstić information content (AvgIpc) is 2.23. The molecule has 0 fully saturated rings. The Balaban J connectivity index is 2.46. The van der Waals surface area contributed by atoms with Crippen LogP contribution in [0, 0.1) is 12.3 Å². The van der Waals surface area contributed by atoms with E-state index in [4.69, 9.17) is 5.11 Å². The predicted molar refractivity (Wildman–Crippen MR) is 71.5 cm³/mol. The fourth-order valence-corrected chi connectivity index (χ4v) is 1.77. The second-order valence-corrected chi connectivity index (χ2v) is 5.86. The molecule has 0 saturated heterocycles. The zero-order valence-corrected chi connectivity index (χ0v) is 11.8. The zero-order valence-electron chi connectivity index (χ0n) is 10.2. The van der Waals surface area contributed by atoms with E-state index < -0.39 is 0 Å². The van der Waals surface area contributed by atoms with Crippen LogP contribution in [0.15, 0.2) is 22.7 Å². The number of hydrogen-bond donors (Lipinski definition) is 2. The van der Waals surface area contributed by atoms with Gasteiger partial charge in [0.15, 0.2) is 0 Å². The topological polar surface area (TPSA) is 32.3 Å². The van der Waals surface area contributed by atoms with E-state index in [9.17, 15) is 0 Å². The van der Waals surface area contributed by atoms with Crippen molar-refractivity contribution in [3.8, 4) is 0 Å². The van der Waals surface area contributed by atoms with Crippen molar-refractivity contribution in [2.24, 2.45) is 5.41 Å². The molecule has 0 aliphatic rings. The second kappa shape index (κ2) is 5.80. The van der Waals surface area contributed by atoms with E-state index in [1.54, 1.807) is 0 Å². The number of aryl methyl sites for hydroxylation is 1. The van der Waals surface area contributed by atoms with Crippen molar-refractivity contribution < 1.29 is 5.11 Å². The van der Waals surface area contributed by atoms with Crippen LogP contribution < -0.4 is 5.32 Å². The average molecular weight is 286 g/mol. The minimum atomic E-state index is -0.0536. The molecule has 0 unspecified atom stereocenters. The van der Waals surface area contributed by atoms with Gasteiger partial charge in [0.25, 0.3) is 0 Å². The molecule has 0 bridgehead atoms. The lowest BCUT2D eigenvalue weighted by Gasteiger charge is -2.22. The molecule has 0 spiro atoms. The summed E-state index contributed by atoms with van der Waals surface area (Å²) in [5, 5.41) is 12.5. The SMILES string of the molecule is Cc1ccc(CNCC(C)(C)CO)cc1Br. The van der Waals surface area contributed by atoms with Gasteiger partial charge in [-0.1, -0.05) is 41.9 Å². The Morgan fingerprint density at radius 2 is 2.06 bits per heavy atom. The highest BCUT2D eigenvalue weighted by atomic mass is 79.9. The first-order valence-corrected chi connectivity index (χ1v) is 6.30. The number of nitrogens with one attached hydrogen (secondary N) is 1. The van der Waals surface area contributed by atoms with Crippen LogP contribution in [-0.4, -0.2) is 18.3 Å². The third-order valence-corrected chi connectivity index (χ3v) is 3.45. The number of benzene rings is 1. The van der Waals surface area contributed by atoms with Crippen LogP contribution in [0.2, 0.25) is 0 Å². The Morgan fingerprint density at radius 1 is 1.38 bits per heavy atom. The largest absolute Gasteiger partial charge is 0.396 e. The molecular formula is C13H20BrNO. The van der Waals surface area contributed by atoms with Crippen molar-refractivity contribution in [3.05, 3.63) is 33.8 Å². The fraction of sp³-hybridized carbons (Fsp3) is 0.538. The van der Waals surface area contributed by atoms with Crippen molar-refractivity contribution >= 4 is 15.9 Å². The van der Waals surface area contributed by atoms with Gasteiger partial charge in [-0.3, -0.25) is 0 Å². The van der Waals surface area contributed by atoms with Gasteiger partial charge in [0.1, 0.15) is 0 Å². The van der Waals surface area contributed by atoms with Gasteiger partial charge in [-0.25, -0.2) is 0 Å². The molecule has 0 aromatic heterocycles. The molecule has 2 nitrogen and oxygen atoms in total. The molecule has 0 saturated carbocycles. The van der Waals surface area contributed by atoms with E-state index in [1.165, 1.54) is 11.1 Å². The fourth-order valence-electron chi connectivity index (χ4n) is 1.35.